The number of nitrogens with one attached hydrogen (secondary N) is 2. The van der Waals surface area contributed by atoms with Gasteiger partial charge in [0.15, 0.2) is 0 Å². The van der Waals surface area contributed by atoms with E-state index in [1.807, 2.05) is 31.2 Å². The molecule has 0 saturated heterocycles. The smallest absolute Gasteiger partial charge is 0.259 e. The molecule has 0 spiro atoms. The van der Waals surface area contributed by atoms with Crippen molar-refractivity contribution in [2.24, 2.45) is 5.14 Å². The van der Waals surface area contributed by atoms with Crippen LogP contribution in [0, 0.1) is 6.92 Å². The maximum Gasteiger partial charge on any atom is 0.259 e. The number of anilines is 3. The summed E-state index contributed by atoms with van der Waals surface area (Å²) < 4.78 is 22.7. The van der Waals surface area contributed by atoms with Gasteiger partial charge in [0.25, 0.3) is 5.91 Å². The van der Waals surface area contributed by atoms with Crippen LogP contribution in [0.4, 0.5) is 17.2 Å². The van der Waals surface area contributed by atoms with Crippen LogP contribution in [-0.4, -0.2) is 19.3 Å². The molecule has 4 N–H and O–H groups in total. The van der Waals surface area contributed by atoms with Crippen LogP contribution in [-0.2, 0) is 10.0 Å². The van der Waals surface area contributed by atoms with Crippen molar-refractivity contribution in [3.8, 4) is 0 Å². The lowest BCUT2D eigenvalue weighted by molar-refractivity contribution is 0.102. The van der Waals surface area contributed by atoms with E-state index in [-0.39, 0.29) is 23.2 Å². The molecule has 0 atom stereocenters. The molecule has 28 heavy (non-hydrogen) atoms. The van der Waals surface area contributed by atoms with E-state index < -0.39 is 10.0 Å². The van der Waals surface area contributed by atoms with Gasteiger partial charge in [-0.2, -0.15) is 0 Å². The van der Waals surface area contributed by atoms with E-state index in [2.05, 4.69) is 15.6 Å². The van der Waals surface area contributed by atoms with E-state index in [0.717, 1.165) is 5.56 Å². The van der Waals surface area contributed by atoms with Gasteiger partial charge in [-0.1, -0.05) is 17.7 Å². The molecule has 0 radical (unpaired) electrons. The zero-order valence-electron chi connectivity index (χ0n) is 14.9. The number of aromatic nitrogens is 1. The van der Waals surface area contributed by atoms with Gasteiger partial charge in [-0.05, 0) is 55.5 Å². The monoisotopic (exact) mass is 418 g/mol. The molecule has 1 heterocycles. The van der Waals surface area contributed by atoms with Crippen molar-refractivity contribution in [3.05, 3.63) is 78.0 Å². The van der Waals surface area contributed by atoms with Gasteiger partial charge in [-0.15, -0.1) is 12.4 Å². The number of aryl methyl sites for hydroxylation is 1. The van der Waals surface area contributed by atoms with Crippen molar-refractivity contribution in [3.63, 3.8) is 0 Å². The third kappa shape index (κ3) is 5.29. The minimum atomic E-state index is -3.76. The topological polar surface area (TPSA) is 114 Å². The summed E-state index contributed by atoms with van der Waals surface area (Å²) in [4.78, 5) is 16.8. The number of primary sulfonamides is 1. The average molecular weight is 419 g/mol. The van der Waals surface area contributed by atoms with E-state index in [9.17, 15) is 13.2 Å². The molecule has 7 nitrogen and oxygen atoms in total. The van der Waals surface area contributed by atoms with E-state index in [1.165, 1.54) is 12.1 Å². The third-order valence-electron chi connectivity index (χ3n) is 3.81. The number of carbonyl (C=O) groups excluding carboxylic acids is 1. The summed E-state index contributed by atoms with van der Waals surface area (Å²) in [6.45, 7) is 1.97. The molecule has 9 heteroatoms. The Labute approximate surface area is 169 Å². The Balaban J connectivity index is 0.00000280. The fourth-order valence-corrected chi connectivity index (χ4v) is 2.90. The van der Waals surface area contributed by atoms with Crippen LogP contribution in [0.2, 0.25) is 0 Å². The summed E-state index contributed by atoms with van der Waals surface area (Å²) in [6, 6.07) is 16.6. The first kappa shape index (κ1) is 21.4. The van der Waals surface area contributed by atoms with Crippen LogP contribution in [0.1, 0.15) is 15.9 Å². The fraction of sp³-hybridized carbons (Fsp3) is 0.0526. The average Bonchev–Trinajstić information content (AvgIpc) is 2.64. The predicted molar refractivity (Wildman–Crippen MR) is 112 cm³/mol. The first-order chi connectivity index (χ1) is 12.8. The van der Waals surface area contributed by atoms with Crippen molar-refractivity contribution in [1.29, 1.82) is 0 Å². The number of sulfonamides is 1. The van der Waals surface area contributed by atoms with Gasteiger partial charge in [0, 0.05) is 17.6 Å². The zero-order chi connectivity index (χ0) is 19.4. The fourth-order valence-electron chi connectivity index (χ4n) is 2.39. The molecular weight excluding hydrogens is 400 g/mol. The molecule has 1 aromatic heterocycles. The second-order valence-electron chi connectivity index (χ2n) is 5.91. The standard InChI is InChI=1S/C19H18N4O3S.ClH/c1-13-4-6-15(7-5-13)23-19(24)17-3-2-12-21-18(17)22-14-8-10-16(11-9-14)27(20,25)26;/h2-12H,1H3,(H,21,22)(H,23,24)(H2,20,25,26);1H. The van der Waals surface area contributed by atoms with E-state index in [0.29, 0.717) is 22.8 Å². The predicted octanol–water partition coefficient (Wildman–Crippen LogP) is 3.46. The quantitative estimate of drug-likeness (QED) is 0.587. The van der Waals surface area contributed by atoms with Crippen molar-refractivity contribution in [1.82, 2.24) is 4.98 Å². The highest BCUT2D eigenvalue weighted by Gasteiger charge is 2.13. The zero-order valence-corrected chi connectivity index (χ0v) is 16.5. The number of benzene rings is 2. The van der Waals surface area contributed by atoms with Crippen LogP contribution in [0.25, 0.3) is 0 Å². The molecule has 2 aromatic carbocycles. The summed E-state index contributed by atoms with van der Waals surface area (Å²) >= 11 is 0. The Kier molecular flexibility index (Phi) is 6.74. The minimum Gasteiger partial charge on any atom is -0.340 e. The van der Waals surface area contributed by atoms with Gasteiger partial charge in [-0.3, -0.25) is 4.79 Å². The molecule has 3 aromatic rings. The Bertz CT molecular complexity index is 1070. The van der Waals surface area contributed by atoms with Crippen LogP contribution in [0.15, 0.2) is 71.8 Å². The molecule has 146 valence electrons. The first-order valence-electron chi connectivity index (χ1n) is 8.06. The number of carbonyl (C=O) groups is 1. The molecule has 0 bridgehead atoms. The second-order valence-corrected chi connectivity index (χ2v) is 7.48. The normalized spacial score (nSPS) is 10.6. The largest absolute Gasteiger partial charge is 0.340 e. The number of hydrogen-bond donors (Lipinski definition) is 3. The SMILES string of the molecule is Cc1ccc(NC(=O)c2cccnc2Nc2ccc(S(N)(=O)=O)cc2)cc1.Cl. The highest BCUT2D eigenvalue weighted by molar-refractivity contribution is 7.89. The van der Waals surface area contributed by atoms with Crippen molar-refractivity contribution >= 4 is 45.5 Å². The highest BCUT2D eigenvalue weighted by atomic mass is 35.5. The molecule has 0 aliphatic rings. The van der Waals surface area contributed by atoms with Crippen molar-refractivity contribution < 1.29 is 13.2 Å². The minimum absolute atomic E-state index is 0. The number of nitrogens with two attached hydrogens (primary N) is 1. The Hall–Kier alpha value is -2.94. The number of pyridine rings is 1. The highest BCUT2D eigenvalue weighted by Crippen LogP contribution is 2.21. The molecule has 0 aliphatic carbocycles. The molecule has 0 aliphatic heterocycles. The summed E-state index contributed by atoms with van der Waals surface area (Å²) in [7, 11) is -3.76. The van der Waals surface area contributed by atoms with Gasteiger partial charge in [0.1, 0.15) is 5.82 Å². The number of hydrogen-bond acceptors (Lipinski definition) is 5. The summed E-state index contributed by atoms with van der Waals surface area (Å²) in [5.74, 6) is 0.0427. The van der Waals surface area contributed by atoms with Crippen LogP contribution < -0.4 is 15.8 Å². The molecule has 1 amide bonds. The molecular formula is C19H19ClN4O3S. The van der Waals surface area contributed by atoms with Crippen LogP contribution in [0.5, 0.6) is 0 Å². The number of amides is 1. The second kappa shape index (κ2) is 8.83. The van der Waals surface area contributed by atoms with Crippen molar-refractivity contribution in [2.75, 3.05) is 10.6 Å². The molecule has 0 saturated carbocycles. The van der Waals surface area contributed by atoms with Crippen LogP contribution in [0.3, 0.4) is 0 Å². The first-order valence-corrected chi connectivity index (χ1v) is 9.60. The Morgan fingerprint density at radius 1 is 0.964 bits per heavy atom. The lowest BCUT2D eigenvalue weighted by atomic mass is 10.2. The van der Waals surface area contributed by atoms with E-state index in [1.54, 1.807) is 30.5 Å². The number of nitrogens with zero attached hydrogens (tertiary/aromatic N) is 1. The summed E-state index contributed by atoms with van der Waals surface area (Å²) in [5.41, 5.74) is 2.71. The van der Waals surface area contributed by atoms with Gasteiger partial charge in [0.05, 0.1) is 10.5 Å². The maximum atomic E-state index is 12.6. The van der Waals surface area contributed by atoms with Crippen molar-refractivity contribution in [2.45, 2.75) is 11.8 Å². The summed E-state index contributed by atoms with van der Waals surface area (Å²) in [6.07, 6.45) is 1.56. The number of rotatable bonds is 5. The lowest BCUT2D eigenvalue weighted by Crippen LogP contribution is -2.14. The van der Waals surface area contributed by atoms with E-state index in [4.69, 9.17) is 5.14 Å². The molecule has 3 rings (SSSR count). The molecule has 0 fully saturated rings. The Morgan fingerprint density at radius 3 is 2.18 bits per heavy atom. The summed E-state index contributed by atoms with van der Waals surface area (Å²) in [5, 5.41) is 10.9. The van der Waals surface area contributed by atoms with Gasteiger partial charge >= 0.3 is 0 Å². The third-order valence-corrected chi connectivity index (χ3v) is 4.74. The lowest BCUT2D eigenvalue weighted by Gasteiger charge is -2.12. The van der Waals surface area contributed by atoms with E-state index >= 15 is 0 Å². The van der Waals surface area contributed by atoms with Gasteiger partial charge in [0.2, 0.25) is 10.0 Å². The Morgan fingerprint density at radius 2 is 1.57 bits per heavy atom. The molecule has 0 unspecified atom stereocenters. The van der Waals surface area contributed by atoms with Gasteiger partial charge < -0.3 is 10.6 Å². The maximum absolute atomic E-state index is 12.6. The van der Waals surface area contributed by atoms with Crippen LogP contribution >= 0.6 is 12.4 Å². The number of halogens is 1. The van der Waals surface area contributed by atoms with Gasteiger partial charge in [-0.25, -0.2) is 18.5 Å².